The molecule has 18 heavy (non-hydrogen) atoms. The van der Waals surface area contributed by atoms with Crippen LogP contribution in [-0.2, 0) is 0 Å². The normalized spacial score (nSPS) is 16.1. The minimum atomic E-state index is 0.404. The second-order valence-electron chi connectivity index (χ2n) is 5.17. The molecule has 1 saturated carbocycles. The van der Waals surface area contributed by atoms with Gasteiger partial charge in [0.1, 0.15) is 11.6 Å². The Hall–Kier alpha value is -1.63. The van der Waals surface area contributed by atoms with E-state index >= 15 is 0 Å². The molecule has 1 aromatic rings. The van der Waals surface area contributed by atoms with Gasteiger partial charge in [0.15, 0.2) is 5.82 Å². The first-order valence-corrected chi connectivity index (χ1v) is 6.66. The van der Waals surface area contributed by atoms with Crippen LogP contribution in [0, 0.1) is 31.1 Å². The van der Waals surface area contributed by atoms with Gasteiger partial charge in [-0.25, -0.2) is 0 Å². The number of nitrogens with zero attached hydrogens (tertiary/aromatic N) is 3. The third kappa shape index (κ3) is 2.79. The van der Waals surface area contributed by atoms with Gasteiger partial charge >= 0.3 is 0 Å². The Labute approximate surface area is 108 Å². The van der Waals surface area contributed by atoms with Gasteiger partial charge in [0, 0.05) is 6.04 Å². The Balaban J connectivity index is 2.16. The summed E-state index contributed by atoms with van der Waals surface area (Å²) in [4.78, 5) is 0. The summed E-state index contributed by atoms with van der Waals surface area (Å²) >= 11 is 0. The van der Waals surface area contributed by atoms with Crippen molar-refractivity contribution in [2.45, 2.75) is 52.5 Å². The number of aryl methyl sites for hydroxylation is 1. The van der Waals surface area contributed by atoms with E-state index in [2.05, 4.69) is 28.5 Å². The number of aromatic nitrogens is 2. The van der Waals surface area contributed by atoms with E-state index in [-0.39, 0.29) is 0 Å². The van der Waals surface area contributed by atoms with Crippen molar-refractivity contribution in [2.75, 3.05) is 5.32 Å². The molecule has 1 atom stereocenters. The Morgan fingerprint density at radius 3 is 2.67 bits per heavy atom. The molecule has 0 aromatic carbocycles. The van der Waals surface area contributed by atoms with Gasteiger partial charge in [-0.2, -0.15) is 10.4 Å². The zero-order valence-corrected chi connectivity index (χ0v) is 11.3. The average Bonchev–Trinajstić information content (AvgIpc) is 3.17. The summed E-state index contributed by atoms with van der Waals surface area (Å²) < 4.78 is 0. The van der Waals surface area contributed by atoms with Gasteiger partial charge in [0.05, 0.1) is 5.69 Å². The van der Waals surface area contributed by atoms with Crippen molar-refractivity contribution in [3.63, 3.8) is 0 Å². The van der Waals surface area contributed by atoms with E-state index in [0.29, 0.717) is 17.4 Å². The number of rotatable bonds is 5. The third-order valence-electron chi connectivity index (χ3n) is 3.71. The SMILES string of the molecule is CCC(CC1CC1)Nc1nnc(C)c(C)c1C#N. The zero-order valence-electron chi connectivity index (χ0n) is 11.3. The first-order chi connectivity index (χ1) is 8.65. The molecule has 0 bridgehead atoms. The standard InChI is InChI=1S/C14H20N4/c1-4-12(7-11-5-6-11)16-14-13(8-15)9(2)10(3)17-18-14/h11-12H,4-7H2,1-3H3,(H,16,18). The Morgan fingerprint density at radius 2 is 2.11 bits per heavy atom. The number of nitriles is 1. The van der Waals surface area contributed by atoms with Crippen LogP contribution in [0.4, 0.5) is 5.82 Å². The maximum absolute atomic E-state index is 9.25. The summed E-state index contributed by atoms with van der Waals surface area (Å²) in [5, 5.41) is 20.9. The molecule has 0 radical (unpaired) electrons. The van der Waals surface area contributed by atoms with Crippen LogP contribution >= 0.6 is 0 Å². The van der Waals surface area contributed by atoms with Gasteiger partial charge in [-0.15, -0.1) is 5.10 Å². The fourth-order valence-electron chi connectivity index (χ4n) is 2.12. The molecule has 1 fully saturated rings. The molecule has 1 N–H and O–H groups in total. The summed E-state index contributed by atoms with van der Waals surface area (Å²) in [5.74, 6) is 1.51. The molecule has 1 aliphatic carbocycles. The van der Waals surface area contributed by atoms with Crippen LogP contribution in [0.2, 0.25) is 0 Å². The van der Waals surface area contributed by atoms with E-state index in [9.17, 15) is 5.26 Å². The monoisotopic (exact) mass is 244 g/mol. The van der Waals surface area contributed by atoms with Gasteiger partial charge in [-0.1, -0.05) is 19.8 Å². The molecule has 4 heteroatoms. The van der Waals surface area contributed by atoms with Crippen molar-refractivity contribution in [3.8, 4) is 6.07 Å². The predicted octanol–water partition coefficient (Wildman–Crippen LogP) is 2.96. The summed E-state index contributed by atoms with van der Waals surface area (Å²) in [6, 6.07) is 2.64. The number of anilines is 1. The number of nitrogens with one attached hydrogen (secondary N) is 1. The van der Waals surface area contributed by atoms with Crippen LogP contribution in [0.25, 0.3) is 0 Å². The quantitative estimate of drug-likeness (QED) is 0.865. The first-order valence-electron chi connectivity index (χ1n) is 6.66. The van der Waals surface area contributed by atoms with Crippen LogP contribution < -0.4 is 5.32 Å². The highest BCUT2D eigenvalue weighted by Gasteiger charge is 2.25. The van der Waals surface area contributed by atoms with Crippen molar-refractivity contribution >= 4 is 5.82 Å². The predicted molar refractivity (Wildman–Crippen MR) is 71.3 cm³/mol. The smallest absolute Gasteiger partial charge is 0.167 e. The van der Waals surface area contributed by atoms with Crippen molar-refractivity contribution in [2.24, 2.45) is 5.92 Å². The van der Waals surface area contributed by atoms with E-state index in [0.717, 1.165) is 23.6 Å². The fourth-order valence-corrected chi connectivity index (χ4v) is 2.12. The van der Waals surface area contributed by atoms with Crippen LogP contribution in [0.15, 0.2) is 0 Å². The molecule has 4 nitrogen and oxygen atoms in total. The summed E-state index contributed by atoms with van der Waals surface area (Å²) in [6.45, 7) is 5.98. The lowest BCUT2D eigenvalue weighted by Gasteiger charge is -2.18. The molecule has 1 aliphatic rings. The lowest BCUT2D eigenvalue weighted by atomic mass is 10.1. The summed E-state index contributed by atoms with van der Waals surface area (Å²) in [6.07, 6.45) is 4.93. The highest BCUT2D eigenvalue weighted by Crippen LogP contribution is 2.35. The van der Waals surface area contributed by atoms with Crippen LogP contribution in [0.1, 0.15) is 49.4 Å². The van der Waals surface area contributed by atoms with Crippen molar-refractivity contribution in [1.82, 2.24) is 10.2 Å². The minimum Gasteiger partial charge on any atom is -0.365 e. The molecule has 0 saturated heterocycles. The molecule has 1 aromatic heterocycles. The summed E-state index contributed by atoms with van der Waals surface area (Å²) in [7, 11) is 0. The Bertz CT molecular complexity index is 471. The third-order valence-corrected chi connectivity index (χ3v) is 3.71. The van der Waals surface area contributed by atoms with Gasteiger partial charge in [0.2, 0.25) is 0 Å². The van der Waals surface area contributed by atoms with E-state index in [1.165, 1.54) is 19.3 Å². The largest absolute Gasteiger partial charge is 0.365 e. The van der Waals surface area contributed by atoms with Gasteiger partial charge < -0.3 is 5.32 Å². The Kier molecular flexibility index (Phi) is 3.81. The van der Waals surface area contributed by atoms with E-state index < -0.39 is 0 Å². The van der Waals surface area contributed by atoms with Crippen molar-refractivity contribution < 1.29 is 0 Å². The van der Waals surface area contributed by atoms with Crippen LogP contribution in [-0.4, -0.2) is 16.2 Å². The van der Waals surface area contributed by atoms with Gasteiger partial charge in [-0.05, 0) is 38.2 Å². The molecule has 0 aliphatic heterocycles. The lowest BCUT2D eigenvalue weighted by molar-refractivity contribution is 0.583. The molecule has 1 unspecified atom stereocenters. The topological polar surface area (TPSA) is 61.6 Å². The van der Waals surface area contributed by atoms with Crippen LogP contribution in [0.3, 0.4) is 0 Å². The minimum absolute atomic E-state index is 0.404. The van der Waals surface area contributed by atoms with Crippen molar-refractivity contribution in [3.05, 3.63) is 16.8 Å². The molecule has 1 heterocycles. The first kappa shape index (κ1) is 12.8. The summed E-state index contributed by atoms with van der Waals surface area (Å²) in [5.41, 5.74) is 2.39. The number of hydrogen-bond donors (Lipinski definition) is 1. The maximum Gasteiger partial charge on any atom is 0.167 e. The average molecular weight is 244 g/mol. The van der Waals surface area contributed by atoms with E-state index in [4.69, 9.17) is 0 Å². The van der Waals surface area contributed by atoms with Gasteiger partial charge in [0.25, 0.3) is 0 Å². The molecule has 2 rings (SSSR count). The molecule has 0 amide bonds. The van der Waals surface area contributed by atoms with Gasteiger partial charge in [-0.3, -0.25) is 0 Å². The molecule has 96 valence electrons. The second-order valence-corrected chi connectivity index (χ2v) is 5.17. The molecule has 0 spiro atoms. The molecular weight excluding hydrogens is 224 g/mol. The maximum atomic E-state index is 9.25. The zero-order chi connectivity index (χ0) is 13.1. The van der Waals surface area contributed by atoms with Crippen molar-refractivity contribution in [1.29, 1.82) is 5.26 Å². The highest BCUT2D eigenvalue weighted by molar-refractivity contribution is 5.56. The molecular formula is C14H20N4. The second kappa shape index (κ2) is 5.34. The number of hydrogen-bond acceptors (Lipinski definition) is 4. The lowest BCUT2D eigenvalue weighted by Crippen LogP contribution is -2.21. The highest BCUT2D eigenvalue weighted by atomic mass is 15.2. The van der Waals surface area contributed by atoms with E-state index in [1.54, 1.807) is 0 Å². The van der Waals surface area contributed by atoms with Crippen LogP contribution in [0.5, 0.6) is 0 Å². The van der Waals surface area contributed by atoms with E-state index in [1.807, 2.05) is 13.8 Å². The fraction of sp³-hybridized carbons (Fsp3) is 0.643. The Morgan fingerprint density at radius 1 is 1.39 bits per heavy atom.